The SMILES string of the molecule is Cl.N[C@@H]1CCC[C@H]1Oc1ccccc1. The van der Waals surface area contributed by atoms with Crippen molar-refractivity contribution in [3.8, 4) is 5.75 Å². The molecule has 0 unspecified atom stereocenters. The topological polar surface area (TPSA) is 35.2 Å². The highest BCUT2D eigenvalue weighted by molar-refractivity contribution is 5.85. The number of ether oxygens (including phenoxy) is 1. The minimum Gasteiger partial charge on any atom is -0.489 e. The average Bonchev–Trinajstić information content (AvgIpc) is 2.54. The number of hydrogen-bond acceptors (Lipinski definition) is 2. The van der Waals surface area contributed by atoms with E-state index in [1.165, 1.54) is 6.42 Å². The molecule has 14 heavy (non-hydrogen) atoms. The van der Waals surface area contributed by atoms with Crippen molar-refractivity contribution in [3.63, 3.8) is 0 Å². The van der Waals surface area contributed by atoms with Crippen molar-refractivity contribution in [1.29, 1.82) is 0 Å². The summed E-state index contributed by atoms with van der Waals surface area (Å²) in [5.74, 6) is 0.935. The van der Waals surface area contributed by atoms with Gasteiger partial charge in [-0.1, -0.05) is 18.2 Å². The minimum absolute atomic E-state index is 0. The summed E-state index contributed by atoms with van der Waals surface area (Å²) in [5, 5.41) is 0. The largest absolute Gasteiger partial charge is 0.489 e. The lowest BCUT2D eigenvalue weighted by Crippen LogP contribution is -2.33. The zero-order valence-electron chi connectivity index (χ0n) is 8.06. The number of para-hydroxylation sites is 1. The van der Waals surface area contributed by atoms with E-state index >= 15 is 0 Å². The second-order valence-electron chi connectivity index (χ2n) is 3.56. The van der Waals surface area contributed by atoms with Gasteiger partial charge in [-0.3, -0.25) is 0 Å². The molecule has 2 nitrogen and oxygen atoms in total. The van der Waals surface area contributed by atoms with Crippen LogP contribution in [-0.2, 0) is 0 Å². The zero-order valence-corrected chi connectivity index (χ0v) is 8.87. The molecule has 0 radical (unpaired) electrons. The summed E-state index contributed by atoms with van der Waals surface area (Å²) in [4.78, 5) is 0. The maximum atomic E-state index is 5.90. The first kappa shape index (κ1) is 11.3. The van der Waals surface area contributed by atoms with Gasteiger partial charge in [-0.25, -0.2) is 0 Å². The lowest BCUT2D eigenvalue weighted by Gasteiger charge is -2.17. The fraction of sp³-hybridized carbons (Fsp3) is 0.455. The number of benzene rings is 1. The summed E-state index contributed by atoms with van der Waals surface area (Å²) >= 11 is 0. The molecule has 0 bridgehead atoms. The molecule has 0 spiro atoms. The van der Waals surface area contributed by atoms with E-state index in [2.05, 4.69) is 0 Å². The average molecular weight is 214 g/mol. The van der Waals surface area contributed by atoms with Crippen LogP contribution < -0.4 is 10.5 Å². The molecule has 1 aromatic rings. The molecule has 2 rings (SSSR count). The van der Waals surface area contributed by atoms with Crippen molar-refractivity contribution in [3.05, 3.63) is 30.3 Å². The first-order valence-corrected chi connectivity index (χ1v) is 4.83. The molecular formula is C11H16ClNO. The molecule has 1 aromatic carbocycles. The first-order chi connectivity index (χ1) is 6.36. The molecule has 3 heteroatoms. The quantitative estimate of drug-likeness (QED) is 0.819. The Morgan fingerprint density at radius 1 is 1.14 bits per heavy atom. The fourth-order valence-electron chi connectivity index (χ4n) is 1.77. The Kier molecular flexibility index (Phi) is 4.23. The molecule has 1 aliphatic carbocycles. The molecule has 1 aliphatic rings. The predicted octanol–water partition coefficient (Wildman–Crippen LogP) is 2.37. The number of halogens is 1. The van der Waals surface area contributed by atoms with E-state index in [4.69, 9.17) is 10.5 Å². The Morgan fingerprint density at radius 3 is 2.43 bits per heavy atom. The van der Waals surface area contributed by atoms with Crippen molar-refractivity contribution < 1.29 is 4.74 Å². The van der Waals surface area contributed by atoms with Crippen LogP contribution in [0.25, 0.3) is 0 Å². The van der Waals surface area contributed by atoms with Gasteiger partial charge in [0.25, 0.3) is 0 Å². The van der Waals surface area contributed by atoms with Gasteiger partial charge in [0.1, 0.15) is 11.9 Å². The van der Waals surface area contributed by atoms with Crippen LogP contribution in [0.3, 0.4) is 0 Å². The van der Waals surface area contributed by atoms with Crippen LogP contribution in [0, 0.1) is 0 Å². The summed E-state index contributed by atoms with van der Waals surface area (Å²) in [7, 11) is 0. The standard InChI is InChI=1S/C11H15NO.ClH/c12-10-7-4-8-11(10)13-9-5-2-1-3-6-9;/h1-3,5-6,10-11H,4,7-8,12H2;1H/t10-,11-;/m1./s1. The van der Waals surface area contributed by atoms with Crippen molar-refractivity contribution in [2.75, 3.05) is 0 Å². The minimum atomic E-state index is 0. The lowest BCUT2D eigenvalue weighted by molar-refractivity contribution is 0.191. The maximum Gasteiger partial charge on any atom is 0.119 e. The van der Waals surface area contributed by atoms with Crippen molar-refractivity contribution >= 4 is 12.4 Å². The van der Waals surface area contributed by atoms with Crippen LogP contribution in [0.15, 0.2) is 30.3 Å². The Hall–Kier alpha value is -0.730. The Morgan fingerprint density at radius 2 is 1.86 bits per heavy atom. The molecule has 2 N–H and O–H groups in total. The van der Waals surface area contributed by atoms with E-state index in [1.54, 1.807) is 0 Å². The Bertz CT molecular complexity index is 265. The molecule has 0 heterocycles. The highest BCUT2D eigenvalue weighted by Gasteiger charge is 2.25. The van der Waals surface area contributed by atoms with Crippen LogP contribution in [0.1, 0.15) is 19.3 Å². The Labute approximate surface area is 90.9 Å². The highest BCUT2D eigenvalue weighted by Crippen LogP contribution is 2.22. The second-order valence-corrected chi connectivity index (χ2v) is 3.56. The fourth-order valence-corrected chi connectivity index (χ4v) is 1.77. The van der Waals surface area contributed by atoms with E-state index in [-0.39, 0.29) is 24.6 Å². The zero-order chi connectivity index (χ0) is 9.10. The monoisotopic (exact) mass is 213 g/mol. The van der Waals surface area contributed by atoms with Gasteiger partial charge in [-0.2, -0.15) is 0 Å². The van der Waals surface area contributed by atoms with Crippen LogP contribution in [0.5, 0.6) is 5.75 Å². The first-order valence-electron chi connectivity index (χ1n) is 4.83. The van der Waals surface area contributed by atoms with Crippen LogP contribution >= 0.6 is 12.4 Å². The van der Waals surface area contributed by atoms with Gasteiger partial charge in [0, 0.05) is 6.04 Å². The van der Waals surface area contributed by atoms with E-state index in [0.29, 0.717) is 0 Å². The van der Waals surface area contributed by atoms with E-state index in [1.807, 2.05) is 30.3 Å². The molecular weight excluding hydrogens is 198 g/mol. The highest BCUT2D eigenvalue weighted by atomic mass is 35.5. The number of nitrogens with two attached hydrogens (primary N) is 1. The van der Waals surface area contributed by atoms with Crippen molar-refractivity contribution in [2.24, 2.45) is 5.73 Å². The normalized spacial score (nSPS) is 25.5. The van der Waals surface area contributed by atoms with Gasteiger partial charge in [0.2, 0.25) is 0 Å². The van der Waals surface area contributed by atoms with E-state index < -0.39 is 0 Å². The molecule has 0 saturated heterocycles. The maximum absolute atomic E-state index is 5.90. The van der Waals surface area contributed by atoms with Gasteiger partial charge in [0.15, 0.2) is 0 Å². The smallest absolute Gasteiger partial charge is 0.119 e. The molecule has 1 fully saturated rings. The summed E-state index contributed by atoms with van der Waals surface area (Å²) in [6.07, 6.45) is 3.61. The van der Waals surface area contributed by atoms with Crippen LogP contribution in [-0.4, -0.2) is 12.1 Å². The van der Waals surface area contributed by atoms with Crippen LogP contribution in [0.2, 0.25) is 0 Å². The van der Waals surface area contributed by atoms with Gasteiger partial charge in [0.05, 0.1) is 0 Å². The molecule has 2 atom stereocenters. The van der Waals surface area contributed by atoms with Gasteiger partial charge in [-0.05, 0) is 31.4 Å². The summed E-state index contributed by atoms with van der Waals surface area (Å²) in [6, 6.07) is 10.1. The summed E-state index contributed by atoms with van der Waals surface area (Å²) < 4.78 is 5.76. The summed E-state index contributed by atoms with van der Waals surface area (Å²) in [5.41, 5.74) is 5.90. The number of rotatable bonds is 2. The van der Waals surface area contributed by atoms with E-state index in [9.17, 15) is 0 Å². The number of hydrogen-bond donors (Lipinski definition) is 1. The Balaban J connectivity index is 0.000000980. The molecule has 0 aliphatic heterocycles. The molecule has 0 aromatic heterocycles. The third-order valence-electron chi connectivity index (χ3n) is 2.53. The molecule has 0 amide bonds. The van der Waals surface area contributed by atoms with Crippen LogP contribution in [0.4, 0.5) is 0 Å². The lowest BCUT2D eigenvalue weighted by atomic mass is 10.2. The third kappa shape index (κ3) is 2.63. The second kappa shape index (κ2) is 5.23. The summed E-state index contributed by atoms with van der Waals surface area (Å²) in [6.45, 7) is 0. The van der Waals surface area contributed by atoms with Crippen molar-refractivity contribution in [1.82, 2.24) is 0 Å². The molecule has 1 saturated carbocycles. The molecule has 78 valence electrons. The third-order valence-corrected chi connectivity index (χ3v) is 2.53. The van der Waals surface area contributed by atoms with Crippen molar-refractivity contribution in [2.45, 2.75) is 31.4 Å². The van der Waals surface area contributed by atoms with Gasteiger partial charge in [-0.15, -0.1) is 12.4 Å². The van der Waals surface area contributed by atoms with Gasteiger partial charge < -0.3 is 10.5 Å². The van der Waals surface area contributed by atoms with E-state index in [0.717, 1.165) is 18.6 Å². The van der Waals surface area contributed by atoms with Gasteiger partial charge >= 0.3 is 0 Å². The predicted molar refractivity (Wildman–Crippen MR) is 59.9 cm³/mol.